The van der Waals surface area contributed by atoms with Crippen molar-refractivity contribution in [3.05, 3.63) is 30.3 Å². The number of hydrogen-bond acceptors (Lipinski definition) is 20. The quantitative estimate of drug-likeness (QED) is 0.0271. The van der Waals surface area contributed by atoms with Crippen molar-refractivity contribution >= 4 is 80.0 Å². The van der Waals surface area contributed by atoms with Crippen LogP contribution in [0.25, 0.3) is 0 Å². The topological polar surface area (TPSA) is 213 Å². The van der Waals surface area contributed by atoms with Gasteiger partial charge in [0, 0.05) is 80.4 Å². The lowest BCUT2D eigenvalue weighted by Crippen LogP contribution is -2.42. The Morgan fingerprint density at radius 1 is 0.487 bits per heavy atom. The molecule has 78 heavy (non-hydrogen) atoms. The molecule has 0 bridgehead atoms. The zero-order valence-electron chi connectivity index (χ0n) is 46.9. The summed E-state index contributed by atoms with van der Waals surface area (Å²) in [5.41, 5.74) is 2.12. The Kier molecular flexibility index (Phi) is 56.9. The van der Waals surface area contributed by atoms with Gasteiger partial charge in [0.15, 0.2) is 0 Å². The molecule has 0 spiro atoms. The molecule has 0 aromatic heterocycles. The van der Waals surface area contributed by atoms with Gasteiger partial charge in [-0.3, -0.25) is 19.2 Å². The molecule has 3 amide bonds. The first kappa shape index (κ1) is 75.3. The Labute approximate surface area is 485 Å². The van der Waals surface area contributed by atoms with Crippen molar-refractivity contribution in [3.63, 3.8) is 0 Å². The third-order valence-electron chi connectivity index (χ3n) is 10.6. The molecule has 0 aliphatic rings. The molecule has 23 heteroatoms. The summed E-state index contributed by atoms with van der Waals surface area (Å²) in [5, 5.41) is 14.1. The molecule has 452 valence electrons. The summed E-state index contributed by atoms with van der Waals surface area (Å²) in [4.78, 5) is 64.5. The van der Waals surface area contributed by atoms with Crippen LogP contribution in [0.15, 0.2) is 45.5 Å². The molecule has 1 aromatic rings. The number of unbranched alkanes of at least 4 members (excludes halogenated alkanes) is 3. The van der Waals surface area contributed by atoms with Crippen LogP contribution in [-0.4, -0.2) is 215 Å². The van der Waals surface area contributed by atoms with Crippen molar-refractivity contribution in [1.82, 2.24) is 15.5 Å². The Balaban J connectivity index is 0.0000593. The molecule has 0 radical (unpaired) electrons. The van der Waals surface area contributed by atoms with Gasteiger partial charge in [0.25, 0.3) is 0 Å². The molecular weight excluding hydrogens is 1080 g/mol. The number of nitrogens with zero attached hydrogens (tertiary/aromatic N) is 3. The average molecular weight is 1180 g/mol. The summed E-state index contributed by atoms with van der Waals surface area (Å²) in [5.74, 6) is 2.37. The van der Waals surface area contributed by atoms with Crippen LogP contribution in [0.1, 0.15) is 105 Å². The lowest BCUT2D eigenvalue weighted by Gasteiger charge is -2.23. The number of carbonyl (C=O) groups excluding carboxylic acids is 4. The average Bonchev–Trinajstić information content (AvgIpc) is 3.42. The number of oxime groups is 2. The van der Waals surface area contributed by atoms with Crippen molar-refractivity contribution < 1.29 is 66.7 Å². The van der Waals surface area contributed by atoms with Gasteiger partial charge in [-0.1, -0.05) is 97.1 Å². The van der Waals surface area contributed by atoms with Gasteiger partial charge in [0.2, 0.25) is 17.7 Å². The standard InChI is InChI=1S/C54H95N5O14S4.CH4/c1-5-14-48(46-74-3)57-72-43-41-70-39-37-68-35-33-66-31-29-64-27-20-52(61)55-23-25-59(54(63)19-13-8-7-10-16-50(60)22-45-76-77-51-17-11-9-12-18-51)26-24-56-53(62)21-28-65-30-32-67-34-36-69-38-40-71-42-44-73-58-49(15-6-2)47-75-4;/h9,11-12,17-18H,5-8,10,13-16,19-47H2,1-4H3,(H,55,61)(H,56,62);1H4/b57-48-,58-49+;. The monoisotopic (exact) mass is 1180 g/mol. The third kappa shape index (κ3) is 50.3. The number of benzene rings is 1. The van der Waals surface area contributed by atoms with Crippen molar-refractivity contribution in [3.8, 4) is 0 Å². The van der Waals surface area contributed by atoms with Crippen LogP contribution in [0.2, 0.25) is 0 Å². The first-order valence-electron chi connectivity index (χ1n) is 27.4. The largest absolute Gasteiger partial charge is 0.393 e. The molecule has 0 saturated carbocycles. The maximum absolute atomic E-state index is 13.4. The SMILES string of the molecule is C.CCC/C(CSC)=N/OCCOCCOCCOCCOCCC(=O)NCCN(CCNC(=O)CCOCCOCCOCCOCCO/N=C(\CCC)CSC)C(=O)CCCCCCC(=O)CCSSc1ccccc1. The predicted molar refractivity (Wildman–Crippen MR) is 321 cm³/mol. The summed E-state index contributed by atoms with van der Waals surface area (Å²) >= 11 is 3.46. The van der Waals surface area contributed by atoms with Crippen LogP contribution in [0.3, 0.4) is 0 Å². The van der Waals surface area contributed by atoms with E-state index >= 15 is 0 Å². The Bertz CT molecular complexity index is 1540. The second-order valence-electron chi connectivity index (χ2n) is 17.2. The first-order valence-corrected chi connectivity index (χ1v) is 32.6. The molecule has 0 saturated heterocycles. The minimum Gasteiger partial charge on any atom is -0.393 e. The molecular formula is C55H99N5O14S4. The second kappa shape index (κ2) is 59.0. The number of thioether (sulfide) groups is 2. The van der Waals surface area contributed by atoms with Crippen LogP contribution in [-0.2, 0) is 66.7 Å². The van der Waals surface area contributed by atoms with Crippen molar-refractivity contribution in [1.29, 1.82) is 0 Å². The molecule has 0 aliphatic carbocycles. The highest BCUT2D eigenvalue weighted by molar-refractivity contribution is 8.76. The van der Waals surface area contributed by atoms with Gasteiger partial charge in [0.1, 0.15) is 19.0 Å². The highest BCUT2D eigenvalue weighted by Gasteiger charge is 2.15. The zero-order chi connectivity index (χ0) is 55.8. The first-order chi connectivity index (χ1) is 37.8. The molecule has 0 fully saturated rings. The minimum atomic E-state index is -0.187. The minimum absolute atomic E-state index is 0. The van der Waals surface area contributed by atoms with Crippen molar-refractivity contribution in [2.24, 2.45) is 10.3 Å². The second-order valence-corrected chi connectivity index (χ2v) is 21.5. The maximum Gasteiger partial charge on any atom is 0.222 e. The van der Waals surface area contributed by atoms with Gasteiger partial charge >= 0.3 is 0 Å². The fraction of sp³-hybridized carbons (Fsp3) is 0.782. The molecule has 2 N–H and O–H groups in total. The normalized spacial score (nSPS) is 11.6. The van der Waals surface area contributed by atoms with E-state index in [4.69, 9.17) is 47.6 Å². The summed E-state index contributed by atoms with van der Waals surface area (Å²) in [6, 6.07) is 10.1. The van der Waals surface area contributed by atoms with Gasteiger partial charge in [-0.05, 0) is 50.3 Å². The lowest BCUT2D eigenvalue weighted by atomic mass is 10.1. The van der Waals surface area contributed by atoms with E-state index in [1.165, 1.54) is 4.90 Å². The van der Waals surface area contributed by atoms with E-state index in [-0.39, 0.29) is 70.1 Å². The zero-order valence-corrected chi connectivity index (χ0v) is 50.2. The highest BCUT2D eigenvalue weighted by Crippen LogP contribution is 2.31. The third-order valence-corrected chi connectivity index (χ3v) is 14.3. The van der Waals surface area contributed by atoms with Gasteiger partial charge in [-0.15, -0.1) is 0 Å². The van der Waals surface area contributed by atoms with E-state index in [9.17, 15) is 19.2 Å². The van der Waals surface area contributed by atoms with Crippen LogP contribution < -0.4 is 10.6 Å². The summed E-state index contributed by atoms with van der Waals surface area (Å²) in [6.45, 7) is 12.5. The molecule has 0 unspecified atom stereocenters. The number of hydrogen-bond donors (Lipinski definition) is 2. The van der Waals surface area contributed by atoms with Gasteiger partial charge in [0.05, 0.1) is 117 Å². The van der Waals surface area contributed by atoms with Crippen molar-refractivity contribution in [2.75, 3.05) is 175 Å². The summed E-state index contributed by atoms with van der Waals surface area (Å²) in [6.07, 6.45) is 13.0. The van der Waals surface area contributed by atoms with Crippen LogP contribution in [0, 0.1) is 0 Å². The van der Waals surface area contributed by atoms with Crippen molar-refractivity contribution in [2.45, 2.75) is 110 Å². The summed E-state index contributed by atoms with van der Waals surface area (Å²) < 4.78 is 44.4. The molecule has 0 aliphatic heterocycles. The number of ether oxygens (including phenoxy) is 8. The number of carbonyl (C=O) groups is 4. The lowest BCUT2D eigenvalue weighted by molar-refractivity contribution is -0.132. The number of Topliss-reactive ketones (excluding diaryl/α,β-unsaturated/α-hetero) is 1. The Morgan fingerprint density at radius 3 is 1.29 bits per heavy atom. The van der Waals surface area contributed by atoms with E-state index in [0.29, 0.717) is 144 Å². The fourth-order valence-corrected chi connectivity index (χ4v) is 9.79. The highest BCUT2D eigenvalue weighted by atomic mass is 33.1. The Morgan fingerprint density at radius 2 is 0.885 bits per heavy atom. The van der Waals surface area contributed by atoms with Crippen LogP contribution in [0.5, 0.6) is 0 Å². The van der Waals surface area contributed by atoms with Crippen LogP contribution in [0.4, 0.5) is 0 Å². The van der Waals surface area contributed by atoms with Gasteiger partial charge in [-0.25, -0.2) is 0 Å². The summed E-state index contributed by atoms with van der Waals surface area (Å²) in [7, 11) is 3.38. The van der Waals surface area contributed by atoms with E-state index in [1.54, 1.807) is 50.0 Å². The molecule has 0 heterocycles. The smallest absolute Gasteiger partial charge is 0.222 e. The van der Waals surface area contributed by atoms with E-state index in [0.717, 1.165) is 73.6 Å². The van der Waals surface area contributed by atoms with E-state index in [1.807, 2.05) is 30.7 Å². The number of amides is 3. The van der Waals surface area contributed by atoms with Gasteiger partial charge in [-0.2, -0.15) is 23.5 Å². The number of rotatable bonds is 58. The molecule has 0 atom stereocenters. The maximum atomic E-state index is 13.4. The molecule has 1 aromatic carbocycles. The molecule has 1 rings (SSSR count). The van der Waals surface area contributed by atoms with E-state index < -0.39 is 0 Å². The number of nitrogens with one attached hydrogen (secondary N) is 2. The Hall–Kier alpha value is -2.68. The number of ketones is 1. The predicted octanol–water partition coefficient (Wildman–Crippen LogP) is 8.41. The molecule has 19 nitrogen and oxygen atoms in total. The van der Waals surface area contributed by atoms with Gasteiger partial charge < -0.3 is 63.1 Å². The van der Waals surface area contributed by atoms with E-state index in [2.05, 4.69) is 46.9 Å². The van der Waals surface area contributed by atoms with Crippen LogP contribution >= 0.6 is 45.1 Å². The fourth-order valence-electron chi connectivity index (χ4n) is 6.69.